The lowest BCUT2D eigenvalue weighted by molar-refractivity contribution is -0.139. The molecule has 1 N–H and O–H groups in total. The summed E-state index contributed by atoms with van der Waals surface area (Å²) in [6.45, 7) is 1.82. The van der Waals surface area contributed by atoms with Gasteiger partial charge in [-0.15, -0.1) is 0 Å². The third kappa shape index (κ3) is 4.72. The van der Waals surface area contributed by atoms with Gasteiger partial charge in [-0.1, -0.05) is 11.6 Å². The van der Waals surface area contributed by atoms with Crippen molar-refractivity contribution in [1.82, 2.24) is 15.1 Å². The molecule has 0 bridgehead atoms. The van der Waals surface area contributed by atoms with E-state index < -0.39 is 11.9 Å². The Labute approximate surface area is 138 Å². The maximum absolute atomic E-state index is 11.8. The van der Waals surface area contributed by atoms with Crippen LogP contribution < -0.4 is 10.1 Å². The molecule has 1 amide bonds. The number of methoxy groups -OCH3 is 1. The molecule has 0 aliphatic carbocycles. The monoisotopic (exact) mass is 337 g/mol. The Balaban J connectivity index is 1.90. The molecule has 0 spiro atoms. The molecule has 0 unspecified atom stereocenters. The van der Waals surface area contributed by atoms with Gasteiger partial charge in [-0.25, -0.2) is 4.68 Å². The highest BCUT2D eigenvalue weighted by atomic mass is 35.5. The van der Waals surface area contributed by atoms with Crippen LogP contribution >= 0.6 is 11.6 Å². The van der Waals surface area contributed by atoms with Gasteiger partial charge in [0.2, 0.25) is 0 Å². The number of aromatic nitrogens is 2. The highest BCUT2D eigenvalue weighted by Crippen LogP contribution is 2.21. The maximum Gasteiger partial charge on any atom is 0.325 e. The highest BCUT2D eigenvalue weighted by molar-refractivity contribution is 6.31. The Bertz CT molecular complexity index is 714. The van der Waals surface area contributed by atoms with E-state index in [0.717, 1.165) is 5.56 Å². The highest BCUT2D eigenvalue weighted by Gasteiger charge is 2.11. The van der Waals surface area contributed by atoms with Crippen LogP contribution in [0.25, 0.3) is 0 Å². The molecule has 0 saturated heterocycles. The number of rotatable bonds is 6. The summed E-state index contributed by atoms with van der Waals surface area (Å²) in [7, 11) is 1.25. The zero-order valence-corrected chi connectivity index (χ0v) is 13.5. The van der Waals surface area contributed by atoms with Crippen LogP contribution in [0, 0.1) is 6.92 Å². The van der Waals surface area contributed by atoms with Gasteiger partial charge in [0.25, 0.3) is 5.91 Å². The van der Waals surface area contributed by atoms with Gasteiger partial charge in [-0.2, -0.15) is 5.10 Å². The molecular formula is C15H16ClN3O4. The number of hydrogen-bond acceptors (Lipinski definition) is 5. The largest absolute Gasteiger partial charge is 0.471 e. The molecule has 1 aromatic heterocycles. The van der Waals surface area contributed by atoms with Crippen molar-refractivity contribution in [3.63, 3.8) is 0 Å². The van der Waals surface area contributed by atoms with Gasteiger partial charge in [0.05, 0.1) is 7.11 Å². The van der Waals surface area contributed by atoms with Crippen LogP contribution in [0.3, 0.4) is 0 Å². The minimum absolute atomic E-state index is 0.144. The van der Waals surface area contributed by atoms with Crippen molar-refractivity contribution in [2.24, 2.45) is 0 Å². The summed E-state index contributed by atoms with van der Waals surface area (Å²) in [6, 6.07) is 6.85. The van der Waals surface area contributed by atoms with Crippen molar-refractivity contribution in [2.75, 3.05) is 13.7 Å². The summed E-state index contributed by atoms with van der Waals surface area (Å²) in [6.07, 6.45) is 1.61. The van der Waals surface area contributed by atoms with Crippen molar-refractivity contribution in [3.05, 3.63) is 46.7 Å². The molecule has 2 rings (SSSR count). The Kier molecular flexibility index (Phi) is 5.59. The number of nitrogens with one attached hydrogen (secondary N) is 1. The Morgan fingerprint density at radius 2 is 2.13 bits per heavy atom. The number of esters is 1. The molecule has 0 saturated carbocycles. The van der Waals surface area contributed by atoms with Crippen molar-refractivity contribution in [3.8, 4) is 5.75 Å². The second kappa shape index (κ2) is 7.64. The molecule has 0 fully saturated rings. The summed E-state index contributed by atoms with van der Waals surface area (Å²) in [5, 5.41) is 7.14. The number of nitrogens with zero attached hydrogens (tertiary/aromatic N) is 2. The molecule has 8 heteroatoms. The number of carbonyl (C=O) groups excluding carboxylic acids is 2. The van der Waals surface area contributed by atoms with Crippen LogP contribution in [0.2, 0.25) is 5.02 Å². The van der Waals surface area contributed by atoms with Gasteiger partial charge in [0.15, 0.2) is 6.73 Å². The molecule has 0 aliphatic rings. The van der Waals surface area contributed by atoms with Crippen molar-refractivity contribution in [2.45, 2.75) is 13.7 Å². The Morgan fingerprint density at radius 3 is 2.83 bits per heavy atom. The molecule has 0 atom stereocenters. The first-order chi connectivity index (χ1) is 11.0. The average Bonchev–Trinajstić information content (AvgIpc) is 3.02. The van der Waals surface area contributed by atoms with Crippen LogP contribution in [0.15, 0.2) is 30.5 Å². The fraction of sp³-hybridized carbons (Fsp3) is 0.267. The fourth-order valence-corrected chi connectivity index (χ4v) is 1.84. The summed E-state index contributed by atoms with van der Waals surface area (Å²) >= 11 is 5.95. The van der Waals surface area contributed by atoms with E-state index in [-0.39, 0.29) is 19.0 Å². The van der Waals surface area contributed by atoms with Gasteiger partial charge in [-0.05, 0) is 36.8 Å². The van der Waals surface area contributed by atoms with E-state index in [0.29, 0.717) is 10.8 Å². The van der Waals surface area contributed by atoms with E-state index in [9.17, 15) is 9.59 Å². The number of aryl methyl sites for hydroxylation is 1. The van der Waals surface area contributed by atoms with E-state index in [2.05, 4.69) is 15.2 Å². The zero-order valence-electron chi connectivity index (χ0n) is 12.7. The number of carbonyl (C=O) groups is 2. The van der Waals surface area contributed by atoms with Gasteiger partial charge in [0.1, 0.15) is 18.0 Å². The lowest BCUT2D eigenvalue weighted by atomic mass is 10.2. The first-order valence-electron chi connectivity index (χ1n) is 6.77. The number of hydrogen-bond donors (Lipinski definition) is 1. The second-order valence-electron chi connectivity index (χ2n) is 4.68. The Hall–Kier alpha value is -2.54. The summed E-state index contributed by atoms with van der Waals surface area (Å²) in [5.74, 6) is -0.338. The van der Waals surface area contributed by atoms with Crippen LogP contribution in [-0.4, -0.2) is 35.3 Å². The number of halogens is 1. The second-order valence-corrected chi connectivity index (χ2v) is 5.09. The van der Waals surface area contributed by atoms with Crippen LogP contribution in [0.1, 0.15) is 16.1 Å². The molecule has 2 aromatic rings. The van der Waals surface area contributed by atoms with Crippen molar-refractivity contribution in [1.29, 1.82) is 0 Å². The standard InChI is InChI=1S/C15H16ClN3O4/c1-10-7-11(3-4-12(10)16)23-9-19-6-5-13(18-19)15(21)17-8-14(20)22-2/h3-7H,8-9H2,1-2H3,(H,17,21). The van der Waals surface area contributed by atoms with Crippen LogP contribution in [0.5, 0.6) is 5.75 Å². The van der Waals surface area contributed by atoms with Gasteiger partial charge in [-0.3, -0.25) is 9.59 Å². The van der Waals surface area contributed by atoms with Gasteiger partial charge in [0, 0.05) is 11.2 Å². The fourth-order valence-electron chi connectivity index (χ4n) is 1.72. The number of amides is 1. The number of benzene rings is 1. The molecular weight excluding hydrogens is 322 g/mol. The first kappa shape index (κ1) is 16.8. The van der Waals surface area contributed by atoms with E-state index in [1.807, 2.05) is 13.0 Å². The molecule has 1 aromatic carbocycles. The third-order valence-electron chi connectivity index (χ3n) is 2.99. The van der Waals surface area contributed by atoms with E-state index in [1.165, 1.54) is 17.9 Å². The van der Waals surface area contributed by atoms with E-state index in [1.54, 1.807) is 18.3 Å². The zero-order chi connectivity index (χ0) is 16.8. The first-order valence-corrected chi connectivity index (χ1v) is 7.15. The summed E-state index contributed by atoms with van der Waals surface area (Å²) in [4.78, 5) is 22.8. The topological polar surface area (TPSA) is 82.5 Å². The lowest BCUT2D eigenvalue weighted by Crippen LogP contribution is -2.30. The smallest absolute Gasteiger partial charge is 0.325 e. The Morgan fingerprint density at radius 1 is 1.35 bits per heavy atom. The summed E-state index contributed by atoms with van der Waals surface area (Å²) in [5.41, 5.74) is 1.09. The van der Waals surface area contributed by atoms with Crippen molar-refractivity contribution < 1.29 is 19.1 Å². The lowest BCUT2D eigenvalue weighted by Gasteiger charge is -2.07. The number of ether oxygens (including phenoxy) is 2. The molecule has 0 aliphatic heterocycles. The summed E-state index contributed by atoms with van der Waals surface area (Å²) < 4.78 is 11.5. The minimum atomic E-state index is -0.528. The van der Waals surface area contributed by atoms with Crippen LogP contribution in [-0.2, 0) is 16.3 Å². The van der Waals surface area contributed by atoms with Gasteiger partial charge < -0.3 is 14.8 Å². The average molecular weight is 338 g/mol. The molecule has 0 radical (unpaired) electrons. The van der Waals surface area contributed by atoms with E-state index in [4.69, 9.17) is 16.3 Å². The maximum atomic E-state index is 11.8. The van der Waals surface area contributed by atoms with Crippen molar-refractivity contribution >= 4 is 23.5 Å². The quantitative estimate of drug-likeness (QED) is 0.812. The van der Waals surface area contributed by atoms with Crippen LogP contribution in [0.4, 0.5) is 0 Å². The normalized spacial score (nSPS) is 10.2. The molecule has 23 heavy (non-hydrogen) atoms. The van der Waals surface area contributed by atoms with Gasteiger partial charge >= 0.3 is 5.97 Å². The minimum Gasteiger partial charge on any atom is -0.471 e. The SMILES string of the molecule is COC(=O)CNC(=O)c1ccn(COc2ccc(Cl)c(C)c2)n1. The third-order valence-corrected chi connectivity index (χ3v) is 3.41. The molecule has 7 nitrogen and oxygen atoms in total. The van der Waals surface area contributed by atoms with E-state index >= 15 is 0 Å². The predicted molar refractivity (Wildman–Crippen MR) is 83.4 cm³/mol. The molecule has 1 heterocycles. The molecule has 122 valence electrons. The predicted octanol–water partition coefficient (Wildman–Crippen LogP) is 1.78.